The van der Waals surface area contributed by atoms with E-state index >= 15 is 0 Å². The van der Waals surface area contributed by atoms with Gasteiger partial charge >= 0.3 is 6.03 Å². The van der Waals surface area contributed by atoms with Gasteiger partial charge in [0.25, 0.3) is 11.7 Å². The molecule has 7 rings (SSSR count). The Morgan fingerprint density at radius 3 is 2.63 bits per heavy atom. The van der Waals surface area contributed by atoms with Crippen molar-refractivity contribution in [2.24, 2.45) is 29.1 Å². The molecule has 2 heterocycles. The van der Waals surface area contributed by atoms with Gasteiger partial charge < -0.3 is 15.1 Å². The van der Waals surface area contributed by atoms with Crippen molar-refractivity contribution < 1.29 is 9.59 Å². The Hall–Kier alpha value is -3.21. The van der Waals surface area contributed by atoms with Crippen LogP contribution < -0.4 is 5.32 Å². The van der Waals surface area contributed by atoms with Gasteiger partial charge in [-0.15, -0.1) is 5.10 Å². The van der Waals surface area contributed by atoms with E-state index in [2.05, 4.69) is 41.2 Å². The molecule has 0 spiro atoms. The molecule has 1 aromatic heterocycles. The van der Waals surface area contributed by atoms with Gasteiger partial charge in [0.2, 0.25) is 0 Å². The SMILES string of the molecule is [C-]#[N+]c1c(-c2ccccc2C(=O)N[C@@H]2C[C@H]3C[C@@H]([C@H]2C)C3(C)C)nnn1C(=O)N1CCCC2CCCCC21. The van der Waals surface area contributed by atoms with Gasteiger partial charge in [-0.3, -0.25) is 4.79 Å². The average Bonchev–Trinajstić information content (AvgIpc) is 3.37. The molecule has 5 aliphatic rings. The Bertz CT molecular complexity index is 1290. The summed E-state index contributed by atoms with van der Waals surface area (Å²) in [6.45, 7) is 15.5. The maximum absolute atomic E-state index is 13.6. The molecular weight excluding hydrogens is 476 g/mol. The Kier molecular flexibility index (Phi) is 6.28. The number of carbonyl (C=O) groups excluding carboxylic acids is 2. The van der Waals surface area contributed by atoms with E-state index in [-0.39, 0.29) is 35.5 Å². The highest BCUT2D eigenvalue weighted by Crippen LogP contribution is 2.61. The van der Waals surface area contributed by atoms with Crippen molar-refractivity contribution in [2.75, 3.05) is 6.54 Å². The lowest BCUT2D eigenvalue weighted by atomic mass is 9.45. The van der Waals surface area contributed by atoms with Crippen LogP contribution in [0.15, 0.2) is 24.3 Å². The summed E-state index contributed by atoms with van der Waals surface area (Å²) in [6.07, 6.45) is 8.90. The van der Waals surface area contributed by atoms with Gasteiger partial charge in [-0.05, 0) is 73.7 Å². The molecule has 6 atom stereocenters. The van der Waals surface area contributed by atoms with Crippen molar-refractivity contribution in [2.45, 2.75) is 84.2 Å². The summed E-state index contributed by atoms with van der Waals surface area (Å²) in [6, 6.07) is 7.30. The van der Waals surface area contributed by atoms with Crippen molar-refractivity contribution in [3.8, 4) is 11.3 Å². The lowest BCUT2D eigenvalue weighted by Crippen LogP contribution is -2.60. The minimum atomic E-state index is -0.272. The number of hydrogen-bond acceptors (Lipinski definition) is 4. The smallest absolute Gasteiger partial charge is 0.360 e. The average molecular weight is 515 g/mol. The summed E-state index contributed by atoms with van der Waals surface area (Å²) >= 11 is 0. The van der Waals surface area contributed by atoms with E-state index in [1.165, 1.54) is 12.8 Å². The molecule has 5 fully saturated rings. The van der Waals surface area contributed by atoms with E-state index < -0.39 is 0 Å². The molecule has 1 aromatic carbocycles. The predicted octanol–water partition coefficient (Wildman–Crippen LogP) is 5.92. The molecule has 2 aromatic rings. The van der Waals surface area contributed by atoms with Crippen LogP contribution in [0.25, 0.3) is 16.1 Å². The van der Waals surface area contributed by atoms with Crippen molar-refractivity contribution in [3.05, 3.63) is 41.2 Å². The van der Waals surface area contributed by atoms with E-state index in [9.17, 15) is 9.59 Å². The molecule has 2 unspecified atom stereocenters. The van der Waals surface area contributed by atoms with Crippen LogP contribution >= 0.6 is 0 Å². The number of aromatic nitrogens is 3. The van der Waals surface area contributed by atoms with E-state index in [1.54, 1.807) is 12.1 Å². The minimum Gasteiger partial charge on any atom is -0.360 e. The summed E-state index contributed by atoms with van der Waals surface area (Å²) in [4.78, 5) is 32.8. The second-order valence-electron chi connectivity index (χ2n) is 12.6. The molecule has 1 saturated heterocycles. The predicted molar refractivity (Wildman–Crippen MR) is 145 cm³/mol. The van der Waals surface area contributed by atoms with Crippen molar-refractivity contribution in [3.63, 3.8) is 0 Å². The largest absolute Gasteiger partial charge is 0.423 e. The number of fused-ring (bicyclic) bond motifs is 3. The van der Waals surface area contributed by atoms with Crippen LogP contribution in [0, 0.1) is 35.7 Å². The van der Waals surface area contributed by atoms with Crippen molar-refractivity contribution in [1.82, 2.24) is 25.2 Å². The fourth-order valence-corrected chi connectivity index (χ4v) is 8.14. The summed E-state index contributed by atoms with van der Waals surface area (Å²) in [5.74, 6) is 2.12. The molecule has 38 heavy (non-hydrogen) atoms. The van der Waals surface area contributed by atoms with Gasteiger partial charge in [0.05, 0.1) is 0 Å². The van der Waals surface area contributed by atoms with Crippen LogP contribution in [-0.4, -0.2) is 50.5 Å². The fraction of sp³-hybridized carbons (Fsp3) is 0.633. The zero-order valence-corrected chi connectivity index (χ0v) is 22.7. The number of carbonyl (C=O) groups is 2. The van der Waals surface area contributed by atoms with Crippen LogP contribution in [0.2, 0.25) is 0 Å². The maximum atomic E-state index is 13.6. The lowest BCUT2D eigenvalue weighted by Gasteiger charge is -2.62. The number of hydrogen-bond donors (Lipinski definition) is 1. The summed E-state index contributed by atoms with van der Waals surface area (Å²) < 4.78 is 1.16. The molecule has 0 radical (unpaired) electrons. The van der Waals surface area contributed by atoms with Crippen LogP contribution in [0.4, 0.5) is 10.6 Å². The second-order valence-corrected chi connectivity index (χ2v) is 12.6. The number of nitrogens with one attached hydrogen (secondary N) is 1. The molecule has 4 saturated carbocycles. The fourth-order valence-electron chi connectivity index (χ4n) is 8.14. The minimum absolute atomic E-state index is 0.0715. The van der Waals surface area contributed by atoms with Crippen molar-refractivity contribution in [1.29, 1.82) is 0 Å². The third kappa shape index (κ3) is 3.93. The summed E-state index contributed by atoms with van der Waals surface area (Å²) in [5, 5.41) is 11.8. The Morgan fingerprint density at radius 1 is 1.11 bits per heavy atom. The van der Waals surface area contributed by atoms with Gasteiger partial charge in [0.15, 0.2) is 0 Å². The van der Waals surface area contributed by atoms with Gasteiger partial charge in [-0.1, -0.05) is 63.1 Å². The monoisotopic (exact) mass is 514 g/mol. The van der Waals surface area contributed by atoms with Gasteiger partial charge in [0.1, 0.15) is 5.69 Å². The first-order valence-corrected chi connectivity index (χ1v) is 14.4. The normalized spacial score (nSPS) is 31.5. The highest BCUT2D eigenvalue weighted by atomic mass is 16.2. The molecule has 2 amide bonds. The third-order valence-electron chi connectivity index (χ3n) is 10.5. The van der Waals surface area contributed by atoms with Crippen molar-refractivity contribution >= 4 is 17.8 Å². The first-order chi connectivity index (χ1) is 18.3. The van der Waals surface area contributed by atoms with Crippen LogP contribution in [0.1, 0.15) is 82.5 Å². The summed E-state index contributed by atoms with van der Waals surface area (Å²) in [7, 11) is 0. The second kappa shape index (κ2) is 9.52. The number of nitrogens with zero attached hydrogens (tertiary/aromatic N) is 5. The summed E-state index contributed by atoms with van der Waals surface area (Å²) in [5.41, 5.74) is 1.64. The van der Waals surface area contributed by atoms with Crippen LogP contribution in [0.3, 0.4) is 0 Å². The van der Waals surface area contributed by atoms with Gasteiger partial charge in [-0.2, -0.15) is 0 Å². The number of benzene rings is 1. The molecule has 4 aliphatic carbocycles. The van der Waals surface area contributed by atoms with Crippen LogP contribution in [0.5, 0.6) is 0 Å². The molecule has 8 heteroatoms. The molecule has 1 N–H and O–H groups in total. The maximum Gasteiger partial charge on any atom is 0.423 e. The van der Waals surface area contributed by atoms with E-state index in [4.69, 9.17) is 6.57 Å². The van der Waals surface area contributed by atoms with Gasteiger partial charge in [0, 0.05) is 35.0 Å². The van der Waals surface area contributed by atoms with E-state index in [0.29, 0.717) is 46.8 Å². The highest BCUT2D eigenvalue weighted by Gasteiger charge is 2.56. The number of amides is 2. The first-order valence-electron chi connectivity index (χ1n) is 14.4. The molecule has 200 valence electrons. The highest BCUT2D eigenvalue weighted by molar-refractivity contribution is 6.02. The van der Waals surface area contributed by atoms with Gasteiger partial charge in [-0.25, -0.2) is 4.79 Å². The van der Waals surface area contributed by atoms with Crippen LogP contribution in [-0.2, 0) is 0 Å². The number of piperidine rings is 1. The topological polar surface area (TPSA) is 84.5 Å². The molecule has 2 bridgehead atoms. The molecular formula is C30H38N6O2. The molecule has 1 aliphatic heterocycles. The van der Waals surface area contributed by atoms with E-state index in [1.807, 2.05) is 17.0 Å². The molecule has 8 nitrogen and oxygen atoms in total. The van der Waals surface area contributed by atoms with E-state index in [0.717, 1.165) is 43.2 Å². The standard InChI is InChI=1S/C30H38N6O2/c1-18-23-16-20(30(23,2)3)17-24(18)32-28(37)22-13-7-6-12-21(22)26-27(31-4)36(34-33-26)29(38)35-15-9-11-19-10-5-8-14-25(19)35/h6-7,12-13,18-20,23-25H,5,8-11,14-17H2,1-3H3,(H,32,37)/t18-,19?,20-,23+,24-,25?/m1/s1. The quantitative estimate of drug-likeness (QED) is 0.516. The zero-order chi connectivity index (χ0) is 26.6. The first kappa shape index (κ1) is 25.1. The Morgan fingerprint density at radius 2 is 1.87 bits per heavy atom. The zero-order valence-electron chi connectivity index (χ0n) is 22.7. The number of rotatable bonds is 3. The Balaban J connectivity index is 1.26. The number of likely N-dealkylation sites (tertiary alicyclic amines) is 1. The third-order valence-corrected chi connectivity index (χ3v) is 10.5. The lowest BCUT2D eigenvalue weighted by molar-refractivity contribution is -0.113. The Labute approximate surface area is 225 Å².